The summed E-state index contributed by atoms with van der Waals surface area (Å²) in [4.78, 5) is 37.6. The Hall–Kier alpha value is -4.08. The molecule has 0 spiro atoms. The maximum Gasteiger partial charge on any atom is 0.338 e. The van der Waals surface area contributed by atoms with E-state index < -0.39 is 0 Å². The van der Waals surface area contributed by atoms with Gasteiger partial charge in [0, 0.05) is 43.3 Å². The number of fused-ring (bicyclic) bond motifs is 1. The zero-order valence-corrected chi connectivity index (χ0v) is 20.8. The number of anilines is 2. The van der Waals surface area contributed by atoms with E-state index in [9.17, 15) is 9.59 Å². The average molecular weight is 494 g/mol. The van der Waals surface area contributed by atoms with Crippen molar-refractivity contribution in [3.8, 4) is 11.5 Å². The summed E-state index contributed by atoms with van der Waals surface area (Å²) in [7, 11) is 3.18. The lowest BCUT2D eigenvalue weighted by Crippen LogP contribution is -2.50. The molecule has 0 unspecified atom stereocenters. The minimum Gasteiger partial charge on any atom is -0.493 e. The second-order valence-corrected chi connectivity index (χ2v) is 8.39. The highest BCUT2D eigenvalue weighted by atomic mass is 16.5. The molecule has 1 fully saturated rings. The summed E-state index contributed by atoms with van der Waals surface area (Å²) in [5, 5.41) is 3.76. The number of esters is 1. The molecule has 0 bridgehead atoms. The Balaban J connectivity index is 1.36. The van der Waals surface area contributed by atoms with Gasteiger partial charge in [0.25, 0.3) is 0 Å². The molecule has 1 aliphatic rings. The molecule has 10 nitrogen and oxygen atoms in total. The Bertz CT molecular complexity index is 1210. The van der Waals surface area contributed by atoms with Crippen LogP contribution < -0.4 is 19.7 Å². The van der Waals surface area contributed by atoms with Crippen molar-refractivity contribution >= 4 is 34.4 Å². The van der Waals surface area contributed by atoms with Crippen LogP contribution >= 0.6 is 0 Å². The summed E-state index contributed by atoms with van der Waals surface area (Å²) in [5.74, 6) is 1.66. The molecule has 0 aliphatic carbocycles. The van der Waals surface area contributed by atoms with E-state index >= 15 is 0 Å². The molecule has 3 aromatic rings. The highest BCUT2D eigenvalue weighted by molar-refractivity contribution is 5.93. The Kier molecular flexibility index (Phi) is 8.04. The normalized spacial score (nSPS) is 13.4. The number of piperazine rings is 1. The molecule has 2 amide bonds. The van der Waals surface area contributed by atoms with E-state index in [0.29, 0.717) is 55.5 Å². The number of hydrogen-bond acceptors (Lipinski definition) is 8. The van der Waals surface area contributed by atoms with Crippen molar-refractivity contribution in [3.05, 3.63) is 48.3 Å². The van der Waals surface area contributed by atoms with Gasteiger partial charge >= 0.3 is 12.0 Å². The van der Waals surface area contributed by atoms with Gasteiger partial charge in [-0.25, -0.2) is 19.6 Å². The Morgan fingerprint density at radius 3 is 2.33 bits per heavy atom. The van der Waals surface area contributed by atoms with Crippen LogP contribution in [0.4, 0.5) is 16.3 Å². The van der Waals surface area contributed by atoms with E-state index in [1.54, 1.807) is 43.4 Å². The molecular weight excluding hydrogens is 462 g/mol. The third-order valence-corrected chi connectivity index (χ3v) is 6.09. The number of urea groups is 1. The maximum atomic E-state index is 12.8. The molecule has 0 radical (unpaired) electrons. The molecule has 36 heavy (non-hydrogen) atoms. The first kappa shape index (κ1) is 25.0. The van der Waals surface area contributed by atoms with Crippen molar-refractivity contribution in [3.63, 3.8) is 0 Å². The van der Waals surface area contributed by atoms with Crippen LogP contribution in [-0.4, -0.2) is 73.9 Å². The van der Waals surface area contributed by atoms with Crippen molar-refractivity contribution in [2.24, 2.45) is 0 Å². The molecular formula is C26H31N5O5. The lowest BCUT2D eigenvalue weighted by Gasteiger charge is -2.35. The van der Waals surface area contributed by atoms with Crippen molar-refractivity contribution < 1.29 is 23.8 Å². The number of carbonyl (C=O) groups is 2. The number of unbranched alkanes of at least 4 members (excludes halogenated alkanes) is 1. The minimum atomic E-state index is -0.356. The second kappa shape index (κ2) is 11.6. The average Bonchev–Trinajstić information content (AvgIpc) is 2.92. The fraction of sp³-hybridized carbons (Fsp3) is 0.385. The van der Waals surface area contributed by atoms with Gasteiger partial charge in [-0.3, -0.25) is 0 Å². The summed E-state index contributed by atoms with van der Waals surface area (Å²) >= 11 is 0. The van der Waals surface area contributed by atoms with Crippen molar-refractivity contribution in [1.29, 1.82) is 0 Å². The third kappa shape index (κ3) is 5.59. The SMILES string of the molecule is CCCCOC(=O)c1ccc(NC(=O)N2CCN(c3ncnc4cc(OC)c(OC)cc34)CC2)cc1. The minimum absolute atomic E-state index is 0.188. The highest BCUT2D eigenvalue weighted by Gasteiger charge is 2.24. The van der Waals surface area contributed by atoms with Gasteiger partial charge in [-0.05, 0) is 36.8 Å². The van der Waals surface area contributed by atoms with Crippen molar-refractivity contribution in [2.75, 3.05) is 57.2 Å². The van der Waals surface area contributed by atoms with Gasteiger partial charge in [0.2, 0.25) is 0 Å². The van der Waals surface area contributed by atoms with E-state index in [1.807, 2.05) is 19.1 Å². The van der Waals surface area contributed by atoms with Gasteiger partial charge in [-0.1, -0.05) is 13.3 Å². The molecule has 4 rings (SSSR count). The maximum absolute atomic E-state index is 12.8. The number of amides is 2. The second-order valence-electron chi connectivity index (χ2n) is 8.39. The van der Waals surface area contributed by atoms with Crippen LogP contribution in [0.2, 0.25) is 0 Å². The summed E-state index contributed by atoms with van der Waals surface area (Å²) in [5.41, 5.74) is 1.84. The van der Waals surface area contributed by atoms with Crippen LogP contribution in [0.3, 0.4) is 0 Å². The number of rotatable bonds is 8. The Morgan fingerprint density at radius 1 is 0.972 bits per heavy atom. The number of nitrogens with one attached hydrogen (secondary N) is 1. The molecule has 1 N–H and O–H groups in total. The summed E-state index contributed by atoms with van der Waals surface area (Å²) in [6, 6.07) is 10.3. The van der Waals surface area contributed by atoms with Gasteiger partial charge in [-0.15, -0.1) is 0 Å². The van der Waals surface area contributed by atoms with Gasteiger partial charge in [0.15, 0.2) is 11.5 Å². The van der Waals surface area contributed by atoms with E-state index in [1.165, 1.54) is 6.33 Å². The predicted octanol–water partition coefficient (Wildman–Crippen LogP) is 3.96. The van der Waals surface area contributed by atoms with Crippen LogP contribution in [0.15, 0.2) is 42.7 Å². The number of benzene rings is 2. The van der Waals surface area contributed by atoms with Crippen LogP contribution in [0.5, 0.6) is 11.5 Å². The van der Waals surface area contributed by atoms with Crippen LogP contribution in [0.25, 0.3) is 10.9 Å². The number of methoxy groups -OCH3 is 2. The fourth-order valence-corrected chi connectivity index (χ4v) is 4.03. The number of nitrogens with zero attached hydrogens (tertiary/aromatic N) is 4. The summed E-state index contributed by atoms with van der Waals surface area (Å²) in [6.07, 6.45) is 3.33. The molecule has 2 aromatic carbocycles. The monoisotopic (exact) mass is 493 g/mol. The first-order valence-corrected chi connectivity index (χ1v) is 12.0. The molecule has 190 valence electrons. The lowest BCUT2D eigenvalue weighted by atomic mass is 10.2. The first-order valence-electron chi connectivity index (χ1n) is 12.0. The highest BCUT2D eigenvalue weighted by Crippen LogP contribution is 2.34. The van der Waals surface area contributed by atoms with Gasteiger partial charge in [0.05, 0.1) is 31.9 Å². The number of hydrogen-bond donors (Lipinski definition) is 1. The first-order chi connectivity index (χ1) is 17.5. The lowest BCUT2D eigenvalue weighted by molar-refractivity contribution is 0.0499. The Labute approximate surface area is 210 Å². The predicted molar refractivity (Wildman–Crippen MR) is 137 cm³/mol. The molecule has 0 atom stereocenters. The van der Waals surface area contributed by atoms with Crippen LogP contribution in [0.1, 0.15) is 30.1 Å². The Morgan fingerprint density at radius 2 is 1.67 bits per heavy atom. The van der Waals surface area contributed by atoms with Crippen LogP contribution in [0, 0.1) is 0 Å². The largest absolute Gasteiger partial charge is 0.493 e. The van der Waals surface area contributed by atoms with Gasteiger partial charge < -0.3 is 29.3 Å². The van der Waals surface area contributed by atoms with Crippen molar-refractivity contribution in [1.82, 2.24) is 14.9 Å². The molecule has 2 heterocycles. The molecule has 1 saturated heterocycles. The van der Waals surface area contributed by atoms with Crippen molar-refractivity contribution in [2.45, 2.75) is 19.8 Å². The molecule has 1 aromatic heterocycles. The molecule has 1 aliphatic heterocycles. The summed E-state index contributed by atoms with van der Waals surface area (Å²) in [6.45, 7) is 4.76. The smallest absolute Gasteiger partial charge is 0.338 e. The number of aromatic nitrogens is 2. The zero-order chi connectivity index (χ0) is 25.5. The van der Waals surface area contributed by atoms with E-state index in [0.717, 1.165) is 29.6 Å². The van der Waals surface area contributed by atoms with E-state index in [2.05, 4.69) is 20.2 Å². The fourth-order valence-electron chi connectivity index (χ4n) is 4.03. The van der Waals surface area contributed by atoms with Gasteiger partial charge in [0.1, 0.15) is 12.1 Å². The number of carbonyl (C=O) groups excluding carboxylic acids is 2. The zero-order valence-electron chi connectivity index (χ0n) is 20.8. The van der Waals surface area contributed by atoms with Crippen LogP contribution in [-0.2, 0) is 4.74 Å². The summed E-state index contributed by atoms with van der Waals surface area (Å²) < 4.78 is 16.1. The van der Waals surface area contributed by atoms with E-state index in [-0.39, 0.29) is 12.0 Å². The topological polar surface area (TPSA) is 106 Å². The van der Waals surface area contributed by atoms with Gasteiger partial charge in [-0.2, -0.15) is 0 Å². The number of ether oxygens (including phenoxy) is 3. The molecule has 10 heteroatoms. The quantitative estimate of drug-likeness (QED) is 0.371. The standard InChI is InChI=1S/C26H31N5O5/c1-4-5-14-36-25(32)18-6-8-19(9-7-18)29-26(33)31-12-10-30(11-13-31)24-20-15-22(34-2)23(35-3)16-21(20)27-17-28-24/h6-9,15-17H,4-5,10-14H2,1-3H3,(H,29,33). The van der Waals surface area contributed by atoms with E-state index in [4.69, 9.17) is 14.2 Å². The molecule has 0 saturated carbocycles. The third-order valence-electron chi connectivity index (χ3n) is 6.09.